The van der Waals surface area contributed by atoms with Gasteiger partial charge < -0.3 is 4.74 Å². The normalized spacial score (nSPS) is 10.4. The molecule has 0 amide bonds. The summed E-state index contributed by atoms with van der Waals surface area (Å²) in [6.45, 7) is 2.08. The molecule has 0 unspecified atom stereocenters. The summed E-state index contributed by atoms with van der Waals surface area (Å²) in [6.07, 6.45) is 0. The number of ether oxygens (including phenoxy) is 1. The molecule has 0 fully saturated rings. The van der Waals surface area contributed by atoms with Gasteiger partial charge in [-0.3, -0.25) is 4.68 Å². The first-order chi connectivity index (χ1) is 9.20. The second kappa shape index (κ2) is 6.38. The number of hydrogen-bond acceptors (Lipinski definition) is 5. The van der Waals surface area contributed by atoms with E-state index in [-0.39, 0.29) is 5.82 Å². The minimum absolute atomic E-state index is 0.119. The van der Waals surface area contributed by atoms with E-state index < -0.39 is 5.97 Å². The summed E-state index contributed by atoms with van der Waals surface area (Å²) in [4.78, 5) is 16.9. The minimum atomic E-state index is -0.478. The Labute approximate surface area is 116 Å². The number of carbonyl (C=O) groups excluding carboxylic acids is 1. The largest absolute Gasteiger partial charge is 0.460 e. The summed E-state index contributed by atoms with van der Waals surface area (Å²) in [5.41, 5.74) is 0. The van der Waals surface area contributed by atoms with Crippen LogP contribution in [-0.2, 0) is 17.5 Å². The van der Waals surface area contributed by atoms with E-state index in [0.717, 1.165) is 10.7 Å². The average molecular weight is 277 g/mol. The highest BCUT2D eigenvalue weighted by atomic mass is 32.2. The van der Waals surface area contributed by atoms with Gasteiger partial charge in [0.2, 0.25) is 0 Å². The minimum Gasteiger partial charge on any atom is -0.460 e. The van der Waals surface area contributed by atoms with Crippen molar-refractivity contribution >= 4 is 17.7 Å². The maximum atomic E-state index is 11.5. The molecular formula is C13H15N3O2S. The molecule has 2 rings (SSSR count). The summed E-state index contributed by atoms with van der Waals surface area (Å²) < 4.78 is 6.49. The van der Waals surface area contributed by atoms with Gasteiger partial charge in [-0.2, -0.15) is 0 Å². The van der Waals surface area contributed by atoms with Crippen molar-refractivity contribution in [2.24, 2.45) is 7.05 Å². The van der Waals surface area contributed by atoms with Gasteiger partial charge in [0.25, 0.3) is 5.82 Å². The number of rotatable bonds is 5. The summed E-state index contributed by atoms with van der Waals surface area (Å²) in [5, 5.41) is 4.06. The van der Waals surface area contributed by atoms with E-state index >= 15 is 0 Å². The van der Waals surface area contributed by atoms with Crippen LogP contribution in [0.4, 0.5) is 0 Å². The summed E-state index contributed by atoms with van der Waals surface area (Å²) in [6, 6.07) is 10.0. The van der Waals surface area contributed by atoms with E-state index in [2.05, 4.69) is 10.1 Å². The lowest BCUT2D eigenvalue weighted by Gasteiger charge is -2.00. The molecule has 5 nitrogen and oxygen atoms in total. The molecule has 6 heteroatoms. The van der Waals surface area contributed by atoms with E-state index in [1.165, 1.54) is 0 Å². The smallest absolute Gasteiger partial charge is 0.378 e. The Morgan fingerprint density at radius 3 is 2.79 bits per heavy atom. The third-order valence-electron chi connectivity index (χ3n) is 2.42. The molecule has 0 saturated carbocycles. The number of aromatic nitrogens is 3. The van der Waals surface area contributed by atoms with Gasteiger partial charge in [0.05, 0.1) is 12.4 Å². The maximum Gasteiger partial charge on any atom is 0.378 e. The van der Waals surface area contributed by atoms with Crippen LogP contribution in [0.25, 0.3) is 0 Å². The van der Waals surface area contributed by atoms with Gasteiger partial charge >= 0.3 is 5.97 Å². The van der Waals surface area contributed by atoms with Gasteiger partial charge in [-0.15, -0.1) is 16.9 Å². The topological polar surface area (TPSA) is 57.0 Å². The first kappa shape index (κ1) is 13.6. The Bertz CT molecular complexity index is 554. The number of thioether (sulfide) groups is 1. The lowest BCUT2D eigenvalue weighted by molar-refractivity contribution is 0.0512. The van der Waals surface area contributed by atoms with E-state index in [1.54, 1.807) is 30.4 Å². The van der Waals surface area contributed by atoms with Crippen LogP contribution >= 0.6 is 11.8 Å². The molecule has 1 aromatic heterocycles. The molecule has 0 spiro atoms. The molecule has 0 bridgehead atoms. The molecule has 0 radical (unpaired) electrons. The van der Waals surface area contributed by atoms with Crippen LogP contribution in [0.15, 0.2) is 35.2 Å². The number of nitrogens with zero attached hydrogens (tertiary/aromatic N) is 3. The fourth-order valence-corrected chi connectivity index (χ4v) is 2.39. The van der Waals surface area contributed by atoms with E-state index in [0.29, 0.717) is 12.4 Å². The van der Waals surface area contributed by atoms with Crippen molar-refractivity contribution in [2.45, 2.75) is 17.6 Å². The Kier molecular flexibility index (Phi) is 4.57. The van der Waals surface area contributed by atoms with E-state index in [9.17, 15) is 4.79 Å². The fourth-order valence-electron chi connectivity index (χ4n) is 1.49. The highest BCUT2D eigenvalue weighted by Crippen LogP contribution is 2.21. The quantitative estimate of drug-likeness (QED) is 0.620. The molecule has 0 N–H and O–H groups in total. The molecule has 100 valence electrons. The highest BCUT2D eigenvalue weighted by molar-refractivity contribution is 7.98. The Morgan fingerprint density at radius 2 is 2.11 bits per heavy atom. The van der Waals surface area contributed by atoms with Gasteiger partial charge in [-0.05, 0) is 19.1 Å². The molecule has 19 heavy (non-hydrogen) atoms. The maximum absolute atomic E-state index is 11.5. The van der Waals surface area contributed by atoms with Gasteiger partial charge in [-0.1, -0.05) is 18.2 Å². The fraction of sp³-hybridized carbons (Fsp3) is 0.308. The zero-order chi connectivity index (χ0) is 13.7. The van der Waals surface area contributed by atoms with Crippen LogP contribution in [0, 0.1) is 0 Å². The monoisotopic (exact) mass is 277 g/mol. The van der Waals surface area contributed by atoms with Gasteiger partial charge in [-0.25, -0.2) is 9.78 Å². The van der Waals surface area contributed by atoms with Crippen LogP contribution in [0.1, 0.15) is 23.4 Å². The number of aryl methyl sites for hydroxylation is 1. The molecule has 0 atom stereocenters. The number of esters is 1. The molecule has 1 aromatic carbocycles. The Morgan fingerprint density at radius 1 is 1.37 bits per heavy atom. The number of carbonyl (C=O) groups is 1. The predicted octanol–water partition coefficient (Wildman–Crippen LogP) is 2.28. The summed E-state index contributed by atoms with van der Waals surface area (Å²) in [5.74, 6) is 1.05. The SMILES string of the molecule is CCOC(=O)c1nc(CSc2ccccc2)n(C)n1. The molecule has 1 heterocycles. The first-order valence-electron chi connectivity index (χ1n) is 5.95. The molecule has 2 aromatic rings. The zero-order valence-electron chi connectivity index (χ0n) is 10.9. The molecule has 0 aliphatic heterocycles. The van der Waals surface area contributed by atoms with Crippen LogP contribution in [0.2, 0.25) is 0 Å². The van der Waals surface area contributed by atoms with Crippen molar-refractivity contribution in [3.05, 3.63) is 42.0 Å². The third kappa shape index (κ3) is 3.57. The van der Waals surface area contributed by atoms with E-state index in [1.807, 2.05) is 30.3 Å². The number of benzene rings is 1. The van der Waals surface area contributed by atoms with Crippen LogP contribution < -0.4 is 0 Å². The second-order valence-electron chi connectivity index (χ2n) is 3.80. The van der Waals surface area contributed by atoms with Crippen molar-refractivity contribution in [1.29, 1.82) is 0 Å². The highest BCUT2D eigenvalue weighted by Gasteiger charge is 2.15. The van der Waals surface area contributed by atoms with Crippen LogP contribution in [-0.4, -0.2) is 27.3 Å². The van der Waals surface area contributed by atoms with Crippen molar-refractivity contribution in [1.82, 2.24) is 14.8 Å². The standard InChI is InChI=1S/C13H15N3O2S/c1-3-18-13(17)12-14-11(16(2)15-12)9-19-10-7-5-4-6-8-10/h4-8H,3,9H2,1-2H3. The first-order valence-corrected chi connectivity index (χ1v) is 6.94. The molecular weight excluding hydrogens is 262 g/mol. The molecule has 0 saturated heterocycles. The van der Waals surface area contributed by atoms with Crippen LogP contribution in [0.5, 0.6) is 0 Å². The molecule has 0 aliphatic carbocycles. The molecule has 0 aliphatic rings. The summed E-state index contributed by atoms with van der Waals surface area (Å²) in [7, 11) is 1.77. The third-order valence-corrected chi connectivity index (χ3v) is 3.43. The lowest BCUT2D eigenvalue weighted by Crippen LogP contribution is -2.07. The van der Waals surface area contributed by atoms with Gasteiger partial charge in [0.15, 0.2) is 0 Å². The Hall–Kier alpha value is -1.82. The summed E-state index contributed by atoms with van der Waals surface area (Å²) >= 11 is 1.65. The van der Waals surface area contributed by atoms with Crippen molar-refractivity contribution in [3.63, 3.8) is 0 Å². The van der Waals surface area contributed by atoms with Gasteiger partial charge in [0.1, 0.15) is 5.82 Å². The zero-order valence-corrected chi connectivity index (χ0v) is 11.7. The number of hydrogen-bond donors (Lipinski definition) is 0. The van der Waals surface area contributed by atoms with Crippen molar-refractivity contribution in [2.75, 3.05) is 6.61 Å². The van der Waals surface area contributed by atoms with Crippen LogP contribution in [0.3, 0.4) is 0 Å². The predicted molar refractivity (Wildman–Crippen MR) is 73.0 cm³/mol. The lowest BCUT2D eigenvalue weighted by atomic mass is 10.4. The Balaban J connectivity index is 2.03. The van der Waals surface area contributed by atoms with Crippen molar-refractivity contribution < 1.29 is 9.53 Å². The van der Waals surface area contributed by atoms with Gasteiger partial charge in [0, 0.05) is 11.9 Å². The van der Waals surface area contributed by atoms with E-state index in [4.69, 9.17) is 4.74 Å². The average Bonchev–Trinajstić information content (AvgIpc) is 2.79. The van der Waals surface area contributed by atoms with Crippen molar-refractivity contribution in [3.8, 4) is 0 Å². The second-order valence-corrected chi connectivity index (χ2v) is 4.85.